The molecule has 0 unspecified atom stereocenters. The predicted octanol–water partition coefficient (Wildman–Crippen LogP) is 9.56. The van der Waals surface area contributed by atoms with Crippen LogP contribution in [0.25, 0.3) is 65.0 Å². The van der Waals surface area contributed by atoms with Crippen molar-refractivity contribution >= 4 is 65.0 Å². The largest absolute Gasteiger partial charge is 3.00 e. The molecule has 0 aliphatic carbocycles. The van der Waals surface area contributed by atoms with E-state index in [4.69, 9.17) is 0 Å². The van der Waals surface area contributed by atoms with Gasteiger partial charge in [0, 0.05) is 18.6 Å². The molecule has 0 saturated carbocycles. The van der Waals surface area contributed by atoms with Crippen LogP contribution in [0.3, 0.4) is 0 Å². The van der Waals surface area contributed by atoms with Crippen LogP contribution in [0.5, 0.6) is 0 Å². The molecule has 0 bridgehead atoms. The van der Waals surface area contributed by atoms with Crippen molar-refractivity contribution in [3.05, 3.63) is 164 Å². The van der Waals surface area contributed by atoms with Crippen LogP contribution in [-0.2, 0) is 20.1 Å². The van der Waals surface area contributed by atoms with Gasteiger partial charge in [-0.25, -0.2) is 0 Å². The Bertz CT molecular complexity index is 1900. The first kappa shape index (κ1) is 28.1. The topological polar surface area (TPSA) is 38.7 Å². The maximum atomic E-state index is 4.38. The van der Waals surface area contributed by atoms with Crippen LogP contribution in [0.4, 0.5) is 0 Å². The van der Waals surface area contributed by atoms with E-state index >= 15 is 0 Å². The first-order chi connectivity index (χ1) is 20.8. The van der Waals surface area contributed by atoms with E-state index in [0.29, 0.717) is 0 Å². The Labute approximate surface area is 263 Å². The van der Waals surface area contributed by atoms with E-state index in [1.165, 1.54) is 32.3 Å². The maximum Gasteiger partial charge on any atom is 3.00 e. The Morgan fingerprint density at radius 2 is 0.605 bits per heavy atom. The molecule has 3 heterocycles. The van der Waals surface area contributed by atoms with Crippen LogP contribution < -0.4 is 0 Å². The molecule has 0 aliphatic rings. The van der Waals surface area contributed by atoms with Gasteiger partial charge in [0.05, 0.1) is 0 Å². The van der Waals surface area contributed by atoms with Gasteiger partial charge < -0.3 is 15.0 Å². The van der Waals surface area contributed by atoms with Gasteiger partial charge in [0.25, 0.3) is 0 Å². The smallest absolute Gasteiger partial charge is 0.304 e. The molecule has 4 heteroatoms. The normalized spacial score (nSPS) is 10.6. The average Bonchev–Trinajstić information content (AvgIpc) is 3.09. The van der Waals surface area contributed by atoms with Gasteiger partial charge in [-0.05, 0) is 50.9 Å². The minimum Gasteiger partial charge on any atom is -0.304 e. The van der Waals surface area contributed by atoms with Crippen LogP contribution in [0.1, 0.15) is 0 Å². The Kier molecular flexibility index (Phi) is 8.42. The molecule has 9 aromatic rings. The molecular weight excluding hydrogens is 703 g/mol. The predicted molar refractivity (Wildman–Crippen MR) is 174 cm³/mol. The first-order valence-electron chi connectivity index (χ1n) is 13.8. The number of pyridine rings is 3. The van der Waals surface area contributed by atoms with E-state index in [9.17, 15) is 0 Å². The number of rotatable bonds is 0. The van der Waals surface area contributed by atoms with Crippen LogP contribution in [0, 0.1) is 18.2 Å². The van der Waals surface area contributed by atoms with Gasteiger partial charge in [-0.3, -0.25) is 0 Å². The van der Waals surface area contributed by atoms with Crippen molar-refractivity contribution in [1.82, 2.24) is 15.0 Å². The summed E-state index contributed by atoms with van der Waals surface area (Å²) < 4.78 is 0. The SMILES string of the molecule is [Ir+3].[c-]1cccc2ccc3cccnc3c12.[c-]1cccc2ccc3cccnc3c12.[c-]1cccc2ccc3cccnc3c12. The van der Waals surface area contributed by atoms with Gasteiger partial charge in [-0.15, -0.1) is 105 Å². The van der Waals surface area contributed by atoms with E-state index in [0.717, 1.165) is 32.7 Å². The molecule has 9 rings (SSSR count). The van der Waals surface area contributed by atoms with Gasteiger partial charge in [0.2, 0.25) is 0 Å². The van der Waals surface area contributed by atoms with E-state index < -0.39 is 0 Å². The van der Waals surface area contributed by atoms with Crippen molar-refractivity contribution in [3.8, 4) is 0 Å². The molecule has 204 valence electrons. The second-order valence-electron chi connectivity index (χ2n) is 9.83. The third-order valence-corrected chi connectivity index (χ3v) is 7.22. The van der Waals surface area contributed by atoms with Crippen LogP contribution in [0.15, 0.2) is 146 Å². The van der Waals surface area contributed by atoms with Crippen molar-refractivity contribution in [2.75, 3.05) is 0 Å². The van der Waals surface area contributed by atoms with Crippen molar-refractivity contribution in [2.45, 2.75) is 0 Å². The third kappa shape index (κ3) is 5.85. The molecule has 0 radical (unpaired) electrons. The van der Waals surface area contributed by atoms with E-state index in [1.54, 1.807) is 0 Å². The molecule has 3 nitrogen and oxygen atoms in total. The molecule has 0 atom stereocenters. The maximum absolute atomic E-state index is 4.38. The molecule has 0 N–H and O–H groups in total. The molecule has 0 spiro atoms. The fourth-order valence-corrected chi connectivity index (χ4v) is 5.20. The van der Waals surface area contributed by atoms with Gasteiger partial charge >= 0.3 is 20.1 Å². The fourth-order valence-electron chi connectivity index (χ4n) is 5.20. The minimum absolute atomic E-state index is 0. The number of fused-ring (bicyclic) bond motifs is 9. The summed E-state index contributed by atoms with van der Waals surface area (Å²) in [5.74, 6) is 0. The third-order valence-electron chi connectivity index (χ3n) is 7.22. The Balaban J connectivity index is 0.000000113. The van der Waals surface area contributed by atoms with Gasteiger partial charge in [-0.2, -0.15) is 0 Å². The summed E-state index contributed by atoms with van der Waals surface area (Å²) in [7, 11) is 0. The molecular formula is C39H24IrN3. The second-order valence-corrected chi connectivity index (χ2v) is 9.83. The summed E-state index contributed by atoms with van der Waals surface area (Å²) in [6.45, 7) is 0. The van der Waals surface area contributed by atoms with Gasteiger partial charge in [0.1, 0.15) is 0 Å². The molecule has 0 aliphatic heterocycles. The van der Waals surface area contributed by atoms with Crippen molar-refractivity contribution < 1.29 is 20.1 Å². The number of nitrogens with zero attached hydrogens (tertiary/aromatic N) is 3. The molecule has 0 fully saturated rings. The van der Waals surface area contributed by atoms with Crippen molar-refractivity contribution in [3.63, 3.8) is 0 Å². The molecule has 6 aromatic carbocycles. The summed E-state index contributed by atoms with van der Waals surface area (Å²) in [6, 6.07) is 52.4. The summed E-state index contributed by atoms with van der Waals surface area (Å²) in [4.78, 5) is 13.1. The van der Waals surface area contributed by atoms with Crippen LogP contribution in [-0.4, -0.2) is 15.0 Å². The summed E-state index contributed by atoms with van der Waals surface area (Å²) >= 11 is 0. The Morgan fingerprint density at radius 3 is 0.930 bits per heavy atom. The van der Waals surface area contributed by atoms with Crippen molar-refractivity contribution in [1.29, 1.82) is 0 Å². The Morgan fingerprint density at radius 1 is 0.326 bits per heavy atom. The molecule has 0 amide bonds. The zero-order valence-corrected chi connectivity index (χ0v) is 25.4. The number of aromatic nitrogens is 3. The number of hydrogen-bond donors (Lipinski definition) is 0. The quantitative estimate of drug-likeness (QED) is 0.116. The number of benzene rings is 6. The molecule has 0 saturated heterocycles. The fraction of sp³-hybridized carbons (Fsp3) is 0. The standard InChI is InChI=1S/3C13H8N.Ir/c3*1-2-6-12-10(4-1)7-8-11-5-3-9-14-13(11)12;/h3*1-5,7-9H;/q3*-1;+3. The van der Waals surface area contributed by atoms with E-state index in [-0.39, 0.29) is 20.1 Å². The number of hydrogen-bond acceptors (Lipinski definition) is 3. The first-order valence-corrected chi connectivity index (χ1v) is 13.8. The summed E-state index contributed by atoms with van der Waals surface area (Å²) in [6.07, 6.45) is 5.47. The van der Waals surface area contributed by atoms with Crippen LogP contribution >= 0.6 is 0 Å². The zero-order valence-electron chi connectivity index (χ0n) is 23.0. The summed E-state index contributed by atoms with van der Waals surface area (Å²) in [5, 5.41) is 10.4. The second kappa shape index (κ2) is 12.9. The Hall–Kier alpha value is -5.02. The minimum atomic E-state index is 0. The van der Waals surface area contributed by atoms with E-state index in [2.05, 4.69) is 106 Å². The van der Waals surface area contributed by atoms with Gasteiger partial charge in [-0.1, -0.05) is 54.6 Å². The van der Waals surface area contributed by atoms with Crippen LogP contribution in [0.2, 0.25) is 0 Å². The zero-order chi connectivity index (χ0) is 28.1. The average molecular weight is 727 g/mol. The van der Waals surface area contributed by atoms with E-state index in [1.807, 2.05) is 73.2 Å². The summed E-state index contributed by atoms with van der Waals surface area (Å²) in [5.41, 5.74) is 3.10. The van der Waals surface area contributed by atoms with Crippen molar-refractivity contribution in [2.24, 2.45) is 0 Å². The monoisotopic (exact) mass is 727 g/mol. The molecule has 43 heavy (non-hydrogen) atoms. The molecule has 3 aromatic heterocycles. The van der Waals surface area contributed by atoms with Gasteiger partial charge in [0.15, 0.2) is 0 Å².